The largest absolute Gasteiger partial charge is 0.456 e. The molecule has 0 atom stereocenters. The summed E-state index contributed by atoms with van der Waals surface area (Å²) in [4.78, 5) is 24.9. The van der Waals surface area contributed by atoms with E-state index in [0.717, 1.165) is 23.9 Å². The summed E-state index contributed by atoms with van der Waals surface area (Å²) in [5.41, 5.74) is 2.41. The topological polar surface area (TPSA) is 75.6 Å². The maximum absolute atomic E-state index is 12.6. The van der Waals surface area contributed by atoms with E-state index in [1.165, 1.54) is 0 Å². The highest BCUT2D eigenvalue weighted by Gasteiger charge is 2.32. The minimum Gasteiger partial charge on any atom is -0.456 e. The van der Waals surface area contributed by atoms with Crippen molar-refractivity contribution in [2.45, 2.75) is 54.1 Å². The van der Waals surface area contributed by atoms with Gasteiger partial charge in [0.15, 0.2) is 13.1 Å². The molecule has 0 saturated heterocycles. The third kappa shape index (κ3) is 8.54. The number of rotatable bonds is 7. The molecule has 2 N–H and O–H groups in total. The van der Waals surface area contributed by atoms with Crippen LogP contribution in [0.4, 0.5) is 5.69 Å². The number of esters is 1. The Labute approximate surface area is 164 Å². The highest BCUT2D eigenvalue weighted by atomic mass is 16.6. The number of ether oxygens (including phenoxy) is 1. The van der Waals surface area contributed by atoms with Crippen LogP contribution in [0.3, 0.4) is 0 Å². The van der Waals surface area contributed by atoms with E-state index in [9.17, 15) is 9.59 Å². The van der Waals surface area contributed by atoms with Gasteiger partial charge >= 0.3 is 5.97 Å². The van der Waals surface area contributed by atoms with Crippen molar-refractivity contribution in [3.05, 3.63) is 29.3 Å². The molecule has 0 saturated carbocycles. The number of likely N-dealkylation sites (N-methyl/N-ethyl adjacent to an activating group) is 1. The Balaban J connectivity index is 0.00000326. The van der Waals surface area contributed by atoms with Crippen LogP contribution in [0.2, 0.25) is 0 Å². The molecular weight excluding hydrogens is 344 g/mol. The SMILES string of the molecule is CC[N+](CC)(CC(=O)Nc1c(C)cccc1C)CC(=O)OC(C)(C)C.CO. The van der Waals surface area contributed by atoms with Crippen molar-refractivity contribution in [2.75, 3.05) is 38.6 Å². The molecule has 1 aromatic carbocycles. The van der Waals surface area contributed by atoms with Gasteiger partial charge in [-0.3, -0.25) is 4.79 Å². The Bertz CT molecular complexity index is 597. The van der Waals surface area contributed by atoms with Crippen LogP contribution in [0.25, 0.3) is 0 Å². The second-order valence-electron chi connectivity index (χ2n) is 7.69. The monoisotopic (exact) mass is 381 g/mol. The van der Waals surface area contributed by atoms with Crippen LogP contribution >= 0.6 is 0 Å². The van der Waals surface area contributed by atoms with E-state index < -0.39 is 5.60 Å². The summed E-state index contributed by atoms with van der Waals surface area (Å²) in [5.74, 6) is -0.347. The molecule has 0 bridgehead atoms. The van der Waals surface area contributed by atoms with E-state index in [1.54, 1.807) is 0 Å². The van der Waals surface area contributed by atoms with Gasteiger partial charge < -0.3 is 19.6 Å². The van der Waals surface area contributed by atoms with Gasteiger partial charge in [-0.1, -0.05) is 18.2 Å². The summed E-state index contributed by atoms with van der Waals surface area (Å²) in [6, 6.07) is 5.93. The van der Waals surface area contributed by atoms with Crippen molar-refractivity contribution in [1.29, 1.82) is 0 Å². The molecule has 0 aliphatic heterocycles. The number of amides is 1. The third-order valence-corrected chi connectivity index (χ3v) is 4.45. The fourth-order valence-electron chi connectivity index (χ4n) is 2.87. The van der Waals surface area contributed by atoms with Crippen molar-refractivity contribution >= 4 is 17.6 Å². The number of aliphatic hydroxyl groups is 1. The van der Waals surface area contributed by atoms with Crippen molar-refractivity contribution in [3.63, 3.8) is 0 Å². The number of aliphatic hydroxyl groups excluding tert-OH is 1. The molecule has 0 radical (unpaired) electrons. The first-order valence-electron chi connectivity index (χ1n) is 9.39. The minimum absolute atomic E-state index is 0.0790. The predicted octanol–water partition coefficient (Wildman–Crippen LogP) is 3.05. The Morgan fingerprint density at radius 3 is 1.93 bits per heavy atom. The molecule has 0 aliphatic carbocycles. The average Bonchev–Trinajstić information content (AvgIpc) is 2.57. The van der Waals surface area contributed by atoms with Gasteiger partial charge in [-0.15, -0.1) is 0 Å². The van der Waals surface area contributed by atoms with Gasteiger partial charge in [0.1, 0.15) is 5.60 Å². The quantitative estimate of drug-likeness (QED) is 0.562. The number of quaternary nitrogens is 1. The van der Waals surface area contributed by atoms with E-state index in [0.29, 0.717) is 17.6 Å². The summed E-state index contributed by atoms with van der Waals surface area (Å²) in [5, 5.41) is 10.0. The van der Waals surface area contributed by atoms with Crippen molar-refractivity contribution in [3.8, 4) is 0 Å². The fourth-order valence-corrected chi connectivity index (χ4v) is 2.87. The molecule has 1 aromatic rings. The molecule has 154 valence electrons. The van der Waals surface area contributed by atoms with Gasteiger partial charge in [-0.05, 0) is 59.6 Å². The molecule has 1 rings (SSSR count). The van der Waals surface area contributed by atoms with Gasteiger partial charge in [-0.2, -0.15) is 0 Å². The first kappa shape index (κ1) is 25.1. The van der Waals surface area contributed by atoms with Gasteiger partial charge in [0, 0.05) is 12.8 Å². The number of aryl methyl sites for hydroxylation is 2. The van der Waals surface area contributed by atoms with Crippen LogP contribution < -0.4 is 5.32 Å². The zero-order valence-electron chi connectivity index (χ0n) is 18.2. The number of carbonyl (C=O) groups excluding carboxylic acids is 2. The maximum atomic E-state index is 12.6. The molecule has 0 heterocycles. The van der Waals surface area contributed by atoms with Crippen molar-refractivity contribution in [1.82, 2.24) is 0 Å². The number of benzene rings is 1. The second-order valence-corrected chi connectivity index (χ2v) is 7.69. The normalized spacial score (nSPS) is 11.3. The first-order valence-corrected chi connectivity index (χ1v) is 9.39. The number of nitrogens with one attached hydrogen (secondary N) is 1. The Kier molecular flexibility index (Phi) is 10.3. The van der Waals surface area contributed by atoms with Crippen molar-refractivity contribution in [2.24, 2.45) is 0 Å². The second kappa shape index (κ2) is 11.0. The smallest absolute Gasteiger partial charge is 0.362 e. The molecule has 0 spiro atoms. The number of para-hydroxylation sites is 1. The molecule has 6 heteroatoms. The van der Waals surface area contributed by atoms with Gasteiger partial charge in [0.25, 0.3) is 5.91 Å². The molecule has 27 heavy (non-hydrogen) atoms. The molecule has 0 aliphatic rings. The lowest BCUT2D eigenvalue weighted by molar-refractivity contribution is -0.910. The Morgan fingerprint density at radius 1 is 1.04 bits per heavy atom. The van der Waals surface area contributed by atoms with E-state index in [-0.39, 0.29) is 25.0 Å². The number of nitrogens with zero attached hydrogens (tertiary/aromatic N) is 1. The van der Waals surface area contributed by atoms with E-state index in [2.05, 4.69) is 5.32 Å². The highest BCUT2D eigenvalue weighted by Crippen LogP contribution is 2.20. The fraction of sp³-hybridized carbons (Fsp3) is 0.619. The van der Waals surface area contributed by atoms with Crippen LogP contribution in [0, 0.1) is 13.8 Å². The maximum Gasteiger partial charge on any atom is 0.362 e. The zero-order chi connectivity index (χ0) is 21.3. The molecule has 0 fully saturated rings. The predicted molar refractivity (Wildman–Crippen MR) is 110 cm³/mol. The number of hydrogen-bond donors (Lipinski definition) is 2. The van der Waals surface area contributed by atoms with E-state index in [1.807, 2.05) is 66.7 Å². The van der Waals surface area contributed by atoms with Crippen LogP contribution in [0.15, 0.2) is 18.2 Å². The Hall–Kier alpha value is -1.92. The lowest BCUT2D eigenvalue weighted by atomic mass is 10.1. The van der Waals surface area contributed by atoms with Gasteiger partial charge in [0.2, 0.25) is 0 Å². The van der Waals surface area contributed by atoms with Crippen LogP contribution in [-0.2, 0) is 14.3 Å². The van der Waals surface area contributed by atoms with Crippen LogP contribution in [0.5, 0.6) is 0 Å². The molecular formula is C21H37N2O4+. The summed E-state index contributed by atoms with van der Waals surface area (Å²) < 4.78 is 5.83. The molecule has 0 unspecified atom stereocenters. The molecule has 0 aromatic heterocycles. The number of carbonyl (C=O) groups is 2. The lowest BCUT2D eigenvalue weighted by Gasteiger charge is -2.36. The number of hydrogen-bond acceptors (Lipinski definition) is 4. The van der Waals surface area contributed by atoms with E-state index in [4.69, 9.17) is 9.84 Å². The molecule has 6 nitrogen and oxygen atoms in total. The van der Waals surface area contributed by atoms with Crippen LogP contribution in [0.1, 0.15) is 45.7 Å². The number of anilines is 1. The standard InChI is InChI=1S/C20H32N2O3.CH4O/c1-8-22(9-2,14-18(24)25-20(5,6)7)13-17(23)21-19-15(3)11-10-12-16(19)4;1-2/h10-12H,8-9,13-14H2,1-7H3;2H,1H3/p+1. The summed E-state index contributed by atoms with van der Waals surface area (Å²) in [7, 11) is 1.00. The summed E-state index contributed by atoms with van der Waals surface area (Å²) in [6.45, 7) is 15.3. The van der Waals surface area contributed by atoms with E-state index >= 15 is 0 Å². The minimum atomic E-state index is -0.519. The summed E-state index contributed by atoms with van der Waals surface area (Å²) in [6.07, 6.45) is 0. The zero-order valence-corrected chi connectivity index (χ0v) is 18.2. The summed E-state index contributed by atoms with van der Waals surface area (Å²) >= 11 is 0. The Morgan fingerprint density at radius 2 is 1.52 bits per heavy atom. The third-order valence-electron chi connectivity index (χ3n) is 4.45. The van der Waals surface area contributed by atoms with Gasteiger partial charge in [-0.25, -0.2) is 4.79 Å². The first-order chi connectivity index (χ1) is 12.5. The lowest BCUT2D eigenvalue weighted by Crippen LogP contribution is -2.55. The highest BCUT2D eigenvalue weighted by molar-refractivity contribution is 5.93. The van der Waals surface area contributed by atoms with Crippen molar-refractivity contribution < 1.29 is 23.9 Å². The van der Waals surface area contributed by atoms with Gasteiger partial charge in [0.05, 0.1) is 13.1 Å². The molecule has 1 amide bonds. The average molecular weight is 382 g/mol. The van der Waals surface area contributed by atoms with Crippen LogP contribution in [-0.4, -0.2) is 60.4 Å².